The van der Waals surface area contributed by atoms with Gasteiger partial charge in [0.2, 0.25) is 5.95 Å². The first-order valence-corrected chi connectivity index (χ1v) is 10.5. The fraction of sp³-hybridized carbons (Fsp3) is 0.0870. The lowest BCUT2D eigenvalue weighted by Crippen LogP contribution is -1.97. The van der Waals surface area contributed by atoms with Crippen LogP contribution in [0.5, 0.6) is 0 Å². The van der Waals surface area contributed by atoms with Gasteiger partial charge in [0.15, 0.2) is 11.5 Å². The maximum Gasteiger partial charge on any atom is 0.227 e. The molecule has 0 saturated carbocycles. The van der Waals surface area contributed by atoms with Crippen LogP contribution in [0.1, 0.15) is 0 Å². The van der Waals surface area contributed by atoms with Gasteiger partial charge >= 0.3 is 0 Å². The van der Waals surface area contributed by atoms with Crippen LogP contribution in [-0.2, 0) is 14.1 Å². The summed E-state index contributed by atoms with van der Waals surface area (Å²) in [5.74, 6) is 1.19. The summed E-state index contributed by atoms with van der Waals surface area (Å²) in [6.45, 7) is 0. The van der Waals surface area contributed by atoms with Crippen molar-refractivity contribution in [3.05, 3.63) is 73.7 Å². The molecule has 0 aliphatic carbocycles. The standard InChI is InChI=1S/C23H19N11/c1-32-13-17(12-26-32)27-23-25-8-5-19(28-23)15-6-9-34-20(10-15)29-30-22(34)18-14-33(2)31-21(18)16-4-3-7-24-11-16/h3-14H,1-2H3,(H,25,27,28). The van der Waals surface area contributed by atoms with Gasteiger partial charge in [0, 0.05) is 62.4 Å². The van der Waals surface area contributed by atoms with Crippen molar-refractivity contribution in [2.24, 2.45) is 14.1 Å². The van der Waals surface area contributed by atoms with Crippen molar-refractivity contribution in [1.82, 2.24) is 49.1 Å². The molecule has 6 heterocycles. The Balaban J connectivity index is 1.36. The van der Waals surface area contributed by atoms with Crippen molar-refractivity contribution < 1.29 is 0 Å². The second kappa shape index (κ2) is 7.89. The Bertz CT molecular complexity index is 1610. The van der Waals surface area contributed by atoms with Crippen LogP contribution >= 0.6 is 0 Å². The second-order valence-corrected chi connectivity index (χ2v) is 7.77. The van der Waals surface area contributed by atoms with Gasteiger partial charge in [-0.1, -0.05) is 0 Å². The molecule has 6 rings (SSSR count). The summed E-state index contributed by atoms with van der Waals surface area (Å²) in [5.41, 5.74) is 5.79. The van der Waals surface area contributed by atoms with Crippen LogP contribution in [0.4, 0.5) is 11.6 Å². The monoisotopic (exact) mass is 449 g/mol. The lowest BCUT2D eigenvalue weighted by Gasteiger charge is -2.06. The van der Waals surface area contributed by atoms with E-state index in [9.17, 15) is 0 Å². The van der Waals surface area contributed by atoms with Gasteiger partial charge in [-0.25, -0.2) is 9.97 Å². The number of nitrogens with zero attached hydrogens (tertiary/aromatic N) is 10. The van der Waals surface area contributed by atoms with Gasteiger partial charge in [-0.3, -0.25) is 18.7 Å². The van der Waals surface area contributed by atoms with Crippen LogP contribution in [0.25, 0.3) is 39.5 Å². The first-order valence-electron chi connectivity index (χ1n) is 10.5. The van der Waals surface area contributed by atoms with Gasteiger partial charge in [-0.05, 0) is 30.3 Å². The minimum absolute atomic E-state index is 0.490. The molecular formula is C23H19N11. The highest BCUT2D eigenvalue weighted by Gasteiger charge is 2.18. The summed E-state index contributed by atoms with van der Waals surface area (Å²) in [4.78, 5) is 13.2. The fourth-order valence-corrected chi connectivity index (χ4v) is 3.80. The number of fused-ring (bicyclic) bond motifs is 1. The molecule has 0 amide bonds. The number of aryl methyl sites for hydroxylation is 2. The molecule has 6 aromatic rings. The van der Waals surface area contributed by atoms with Gasteiger partial charge in [-0.2, -0.15) is 10.2 Å². The third-order valence-electron chi connectivity index (χ3n) is 5.33. The lowest BCUT2D eigenvalue weighted by molar-refractivity contribution is 0.768. The highest BCUT2D eigenvalue weighted by Crippen LogP contribution is 2.30. The van der Waals surface area contributed by atoms with Crippen molar-refractivity contribution in [3.8, 4) is 33.9 Å². The minimum atomic E-state index is 0.490. The Hall–Kier alpha value is -4.93. The molecule has 0 aliphatic rings. The zero-order valence-electron chi connectivity index (χ0n) is 18.4. The van der Waals surface area contributed by atoms with E-state index >= 15 is 0 Å². The van der Waals surface area contributed by atoms with Crippen LogP contribution in [0, 0.1) is 0 Å². The highest BCUT2D eigenvalue weighted by molar-refractivity contribution is 5.78. The molecule has 0 aromatic carbocycles. The Labute approximate surface area is 193 Å². The third-order valence-corrected chi connectivity index (χ3v) is 5.33. The predicted molar refractivity (Wildman–Crippen MR) is 126 cm³/mol. The zero-order valence-corrected chi connectivity index (χ0v) is 18.4. The van der Waals surface area contributed by atoms with E-state index in [2.05, 4.69) is 40.7 Å². The molecule has 0 aliphatic heterocycles. The maximum absolute atomic E-state index is 4.64. The van der Waals surface area contributed by atoms with E-state index in [4.69, 9.17) is 0 Å². The van der Waals surface area contributed by atoms with Gasteiger partial charge in [0.25, 0.3) is 0 Å². The number of hydrogen-bond acceptors (Lipinski definition) is 8. The van der Waals surface area contributed by atoms with Crippen molar-refractivity contribution in [2.45, 2.75) is 0 Å². The minimum Gasteiger partial charge on any atom is -0.321 e. The lowest BCUT2D eigenvalue weighted by atomic mass is 10.1. The summed E-state index contributed by atoms with van der Waals surface area (Å²) in [6, 6.07) is 9.66. The van der Waals surface area contributed by atoms with Gasteiger partial charge in [0.1, 0.15) is 5.69 Å². The fourth-order valence-electron chi connectivity index (χ4n) is 3.80. The van der Waals surface area contributed by atoms with Gasteiger partial charge in [-0.15, -0.1) is 10.2 Å². The molecule has 0 fully saturated rings. The maximum atomic E-state index is 4.64. The molecule has 11 heteroatoms. The average Bonchev–Trinajstić information content (AvgIpc) is 3.57. The number of aromatic nitrogens is 10. The summed E-state index contributed by atoms with van der Waals surface area (Å²) in [5, 5.41) is 20.8. The smallest absolute Gasteiger partial charge is 0.227 e. The first-order chi connectivity index (χ1) is 16.6. The zero-order chi connectivity index (χ0) is 23.1. The Morgan fingerprint density at radius 1 is 0.912 bits per heavy atom. The van der Waals surface area contributed by atoms with Crippen molar-refractivity contribution >= 4 is 17.3 Å². The van der Waals surface area contributed by atoms with E-state index in [-0.39, 0.29) is 0 Å². The van der Waals surface area contributed by atoms with Gasteiger partial charge in [0.05, 0.1) is 23.1 Å². The number of hydrogen-bond donors (Lipinski definition) is 1. The van der Waals surface area contributed by atoms with E-state index in [1.165, 1.54) is 0 Å². The van der Waals surface area contributed by atoms with E-state index < -0.39 is 0 Å². The van der Waals surface area contributed by atoms with Crippen molar-refractivity contribution in [2.75, 3.05) is 5.32 Å². The second-order valence-electron chi connectivity index (χ2n) is 7.77. The molecule has 166 valence electrons. The largest absolute Gasteiger partial charge is 0.321 e. The molecule has 1 N–H and O–H groups in total. The van der Waals surface area contributed by atoms with Crippen LogP contribution in [0.3, 0.4) is 0 Å². The SMILES string of the molecule is Cn1cc(Nc2nccc(-c3ccn4c(-c5cn(C)nc5-c5cccnc5)nnc4c3)n2)cn1. The number of pyridine rings is 2. The number of nitrogens with one attached hydrogen (secondary N) is 1. The Kier molecular flexibility index (Phi) is 4.58. The molecular weight excluding hydrogens is 430 g/mol. The summed E-state index contributed by atoms with van der Waals surface area (Å²) in [6.07, 6.45) is 12.7. The third kappa shape index (κ3) is 3.54. The molecule has 11 nitrogen and oxygen atoms in total. The van der Waals surface area contributed by atoms with Crippen LogP contribution in [0.15, 0.2) is 73.7 Å². The van der Waals surface area contributed by atoms with E-state index in [0.29, 0.717) is 17.4 Å². The Morgan fingerprint density at radius 2 is 1.85 bits per heavy atom. The molecule has 0 spiro atoms. The summed E-state index contributed by atoms with van der Waals surface area (Å²) < 4.78 is 5.42. The summed E-state index contributed by atoms with van der Waals surface area (Å²) in [7, 11) is 3.74. The van der Waals surface area contributed by atoms with E-state index in [0.717, 1.165) is 33.8 Å². The van der Waals surface area contributed by atoms with E-state index in [1.54, 1.807) is 34.2 Å². The van der Waals surface area contributed by atoms with Crippen molar-refractivity contribution in [3.63, 3.8) is 0 Å². The molecule has 0 radical (unpaired) electrons. The van der Waals surface area contributed by atoms with E-state index in [1.807, 2.05) is 67.4 Å². The molecule has 0 atom stereocenters. The molecule has 0 saturated heterocycles. The normalized spacial score (nSPS) is 11.2. The number of rotatable bonds is 5. The Morgan fingerprint density at radius 3 is 2.68 bits per heavy atom. The van der Waals surface area contributed by atoms with Crippen LogP contribution in [0.2, 0.25) is 0 Å². The predicted octanol–water partition coefficient (Wildman–Crippen LogP) is 3.13. The molecule has 34 heavy (non-hydrogen) atoms. The van der Waals surface area contributed by atoms with Crippen molar-refractivity contribution in [1.29, 1.82) is 0 Å². The van der Waals surface area contributed by atoms with Crippen LogP contribution < -0.4 is 5.32 Å². The summed E-state index contributed by atoms with van der Waals surface area (Å²) >= 11 is 0. The topological polar surface area (TPSA) is 117 Å². The number of anilines is 2. The quantitative estimate of drug-likeness (QED) is 0.427. The molecule has 6 aromatic heterocycles. The average molecular weight is 449 g/mol. The van der Waals surface area contributed by atoms with Gasteiger partial charge < -0.3 is 5.32 Å². The highest BCUT2D eigenvalue weighted by atomic mass is 15.3. The van der Waals surface area contributed by atoms with Crippen LogP contribution in [-0.4, -0.2) is 49.1 Å². The first kappa shape index (κ1) is 19.7. The molecule has 0 unspecified atom stereocenters. The molecule has 0 bridgehead atoms.